The number of amides is 2. The summed E-state index contributed by atoms with van der Waals surface area (Å²) in [4.78, 5) is 33.3. The summed E-state index contributed by atoms with van der Waals surface area (Å²) in [5.41, 5.74) is 5.18. The summed E-state index contributed by atoms with van der Waals surface area (Å²) in [5.74, 6) is 0.0726. The smallest absolute Gasteiger partial charge is 0.272 e. The van der Waals surface area contributed by atoms with Crippen LogP contribution in [0.1, 0.15) is 39.2 Å². The molecule has 5 nitrogen and oxygen atoms in total. The largest absolute Gasteiger partial charge is 0.341 e. The second kappa shape index (κ2) is 8.33. The molecule has 142 valence electrons. The first kappa shape index (κ1) is 19.1. The first-order valence-electron chi connectivity index (χ1n) is 9.50. The molecule has 1 aliphatic heterocycles. The highest BCUT2D eigenvalue weighted by atomic mass is 16.2. The standard InChI is InChI=1S/C22H27N3O2/c1-16-13-18(3)19(14-17(16)2)15-21(26)24-9-6-10-25(12-11-24)22(27)20-7-4-5-8-23-20/h4-5,7-8,13-14H,6,9-12,15H2,1-3H3. The van der Waals surface area contributed by atoms with E-state index >= 15 is 0 Å². The second-order valence-electron chi connectivity index (χ2n) is 7.28. The number of aromatic nitrogens is 1. The Morgan fingerprint density at radius 2 is 1.63 bits per heavy atom. The van der Waals surface area contributed by atoms with Crippen molar-refractivity contribution in [3.63, 3.8) is 0 Å². The molecule has 5 heteroatoms. The minimum Gasteiger partial charge on any atom is -0.341 e. The first-order chi connectivity index (χ1) is 13.0. The molecule has 0 bridgehead atoms. The number of carbonyl (C=O) groups is 2. The third kappa shape index (κ3) is 4.54. The van der Waals surface area contributed by atoms with E-state index in [-0.39, 0.29) is 11.8 Å². The van der Waals surface area contributed by atoms with E-state index in [1.807, 2.05) is 11.0 Å². The van der Waals surface area contributed by atoms with Crippen LogP contribution < -0.4 is 0 Å². The van der Waals surface area contributed by atoms with Gasteiger partial charge in [-0.2, -0.15) is 0 Å². The van der Waals surface area contributed by atoms with Crippen LogP contribution in [-0.4, -0.2) is 52.8 Å². The Bertz CT molecular complexity index is 833. The molecule has 0 spiro atoms. The molecule has 3 rings (SSSR count). The van der Waals surface area contributed by atoms with Gasteiger partial charge >= 0.3 is 0 Å². The molecule has 2 aromatic rings. The van der Waals surface area contributed by atoms with Crippen LogP contribution in [0.4, 0.5) is 0 Å². The molecule has 0 N–H and O–H groups in total. The Hall–Kier alpha value is -2.69. The van der Waals surface area contributed by atoms with Gasteiger partial charge in [-0.3, -0.25) is 14.6 Å². The molecule has 1 aliphatic rings. The lowest BCUT2D eigenvalue weighted by atomic mass is 9.98. The summed E-state index contributed by atoms with van der Waals surface area (Å²) >= 11 is 0. The molecule has 0 unspecified atom stereocenters. The van der Waals surface area contributed by atoms with Gasteiger partial charge in [0, 0.05) is 32.4 Å². The summed E-state index contributed by atoms with van der Waals surface area (Å²) < 4.78 is 0. The fraction of sp³-hybridized carbons (Fsp3) is 0.409. The maximum atomic E-state index is 12.8. The molecular weight excluding hydrogens is 338 g/mol. The number of pyridine rings is 1. The van der Waals surface area contributed by atoms with Crippen LogP contribution in [0, 0.1) is 20.8 Å². The molecule has 0 radical (unpaired) electrons. The van der Waals surface area contributed by atoms with Crippen LogP contribution >= 0.6 is 0 Å². The zero-order valence-corrected chi connectivity index (χ0v) is 16.4. The summed E-state index contributed by atoms with van der Waals surface area (Å²) in [5, 5.41) is 0. The van der Waals surface area contributed by atoms with Crippen molar-refractivity contribution in [3.8, 4) is 0 Å². The lowest BCUT2D eigenvalue weighted by Crippen LogP contribution is -2.38. The first-order valence-corrected chi connectivity index (χ1v) is 9.50. The van der Waals surface area contributed by atoms with Gasteiger partial charge in [-0.05, 0) is 61.6 Å². The highest BCUT2D eigenvalue weighted by Gasteiger charge is 2.23. The number of hydrogen-bond donors (Lipinski definition) is 0. The molecule has 1 fully saturated rings. The van der Waals surface area contributed by atoms with Crippen molar-refractivity contribution in [2.24, 2.45) is 0 Å². The van der Waals surface area contributed by atoms with Crippen LogP contribution in [0.5, 0.6) is 0 Å². The predicted molar refractivity (Wildman–Crippen MR) is 106 cm³/mol. The quantitative estimate of drug-likeness (QED) is 0.840. The normalized spacial score (nSPS) is 14.8. The Morgan fingerprint density at radius 3 is 2.37 bits per heavy atom. The number of nitrogens with zero attached hydrogens (tertiary/aromatic N) is 3. The topological polar surface area (TPSA) is 53.5 Å². The number of rotatable bonds is 3. The molecule has 2 amide bonds. The SMILES string of the molecule is Cc1cc(C)c(CC(=O)N2CCCN(C(=O)c3ccccn3)CC2)cc1C. The summed E-state index contributed by atoms with van der Waals surface area (Å²) in [6.45, 7) is 8.70. The third-order valence-electron chi connectivity index (χ3n) is 5.31. The van der Waals surface area contributed by atoms with Gasteiger partial charge in [-0.15, -0.1) is 0 Å². The fourth-order valence-electron chi connectivity index (χ4n) is 3.51. The van der Waals surface area contributed by atoms with Gasteiger partial charge < -0.3 is 9.80 Å². The third-order valence-corrected chi connectivity index (χ3v) is 5.31. The van der Waals surface area contributed by atoms with Crippen molar-refractivity contribution in [3.05, 3.63) is 64.5 Å². The molecule has 2 heterocycles. The van der Waals surface area contributed by atoms with Crippen molar-refractivity contribution >= 4 is 11.8 Å². The average molecular weight is 365 g/mol. The van der Waals surface area contributed by atoms with Crippen LogP contribution in [0.3, 0.4) is 0 Å². The van der Waals surface area contributed by atoms with Crippen molar-refractivity contribution in [1.29, 1.82) is 0 Å². The number of aryl methyl sites for hydroxylation is 3. The van der Waals surface area contributed by atoms with Gasteiger partial charge in [-0.25, -0.2) is 0 Å². The predicted octanol–water partition coefficient (Wildman–Crippen LogP) is 2.92. The maximum absolute atomic E-state index is 12.8. The average Bonchev–Trinajstić information content (AvgIpc) is 2.92. The van der Waals surface area contributed by atoms with Crippen LogP contribution in [0.2, 0.25) is 0 Å². The van der Waals surface area contributed by atoms with Crippen molar-refractivity contribution in [1.82, 2.24) is 14.8 Å². The van der Waals surface area contributed by atoms with E-state index in [1.54, 1.807) is 23.2 Å². The minimum atomic E-state index is -0.0603. The Balaban J connectivity index is 1.63. The molecule has 1 saturated heterocycles. The Kier molecular flexibility index (Phi) is 5.89. The molecule has 1 aromatic heterocycles. The Labute approximate surface area is 161 Å². The van der Waals surface area contributed by atoms with E-state index in [0.717, 1.165) is 17.5 Å². The maximum Gasteiger partial charge on any atom is 0.272 e. The van der Waals surface area contributed by atoms with E-state index in [4.69, 9.17) is 0 Å². The van der Waals surface area contributed by atoms with Gasteiger partial charge in [0.2, 0.25) is 5.91 Å². The molecule has 27 heavy (non-hydrogen) atoms. The van der Waals surface area contributed by atoms with Crippen LogP contribution in [0.25, 0.3) is 0 Å². The zero-order chi connectivity index (χ0) is 19.4. The summed E-state index contributed by atoms with van der Waals surface area (Å²) in [6.07, 6.45) is 2.84. The highest BCUT2D eigenvalue weighted by Crippen LogP contribution is 2.17. The number of carbonyl (C=O) groups excluding carboxylic acids is 2. The lowest BCUT2D eigenvalue weighted by Gasteiger charge is -2.22. The zero-order valence-electron chi connectivity index (χ0n) is 16.4. The second-order valence-corrected chi connectivity index (χ2v) is 7.28. The van der Waals surface area contributed by atoms with E-state index in [0.29, 0.717) is 38.3 Å². The van der Waals surface area contributed by atoms with Crippen LogP contribution in [0.15, 0.2) is 36.5 Å². The monoisotopic (exact) mass is 365 g/mol. The van der Waals surface area contributed by atoms with E-state index in [2.05, 4.69) is 37.9 Å². The fourth-order valence-corrected chi connectivity index (χ4v) is 3.51. The van der Waals surface area contributed by atoms with Gasteiger partial charge in [0.05, 0.1) is 6.42 Å². The van der Waals surface area contributed by atoms with Crippen molar-refractivity contribution < 1.29 is 9.59 Å². The van der Waals surface area contributed by atoms with Gasteiger partial charge in [0.1, 0.15) is 5.69 Å². The summed E-state index contributed by atoms with van der Waals surface area (Å²) in [6, 6.07) is 9.62. The molecule has 1 aromatic carbocycles. The van der Waals surface area contributed by atoms with Crippen molar-refractivity contribution in [2.75, 3.05) is 26.2 Å². The summed E-state index contributed by atoms with van der Waals surface area (Å²) in [7, 11) is 0. The minimum absolute atomic E-state index is 0.0603. The van der Waals surface area contributed by atoms with Crippen molar-refractivity contribution in [2.45, 2.75) is 33.6 Å². The van der Waals surface area contributed by atoms with Gasteiger partial charge in [0.25, 0.3) is 5.91 Å². The lowest BCUT2D eigenvalue weighted by molar-refractivity contribution is -0.130. The number of benzene rings is 1. The molecule has 0 aliphatic carbocycles. The molecule has 0 saturated carbocycles. The Morgan fingerprint density at radius 1 is 0.926 bits per heavy atom. The number of hydrogen-bond acceptors (Lipinski definition) is 3. The van der Waals surface area contributed by atoms with E-state index < -0.39 is 0 Å². The molecular formula is C22H27N3O2. The van der Waals surface area contributed by atoms with Gasteiger partial charge in [-0.1, -0.05) is 18.2 Å². The van der Waals surface area contributed by atoms with Gasteiger partial charge in [0.15, 0.2) is 0 Å². The molecule has 0 atom stereocenters. The van der Waals surface area contributed by atoms with E-state index in [1.165, 1.54) is 11.1 Å². The van der Waals surface area contributed by atoms with Crippen LogP contribution in [-0.2, 0) is 11.2 Å². The highest BCUT2D eigenvalue weighted by molar-refractivity contribution is 5.92. The van der Waals surface area contributed by atoms with E-state index in [9.17, 15) is 9.59 Å².